The first kappa shape index (κ1) is 20.0. The second kappa shape index (κ2) is 9.00. The fourth-order valence-electron chi connectivity index (χ4n) is 3.09. The molecule has 2 N–H and O–H groups in total. The van der Waals surface area contributed by atoms with Gasteiger partial charge < -0.3 is 5.11 Å². The molecular weight excluding hydrogens is 388 g/mol. The number of hydrogen-bond acceptors (Lipinski definition) is 5. The molecule has 0 spiro atoms. The molecule has 1 heterocycles. The van der Waals surface area contributed by atoms with E-state index in [2.05, 4.69) is 20.5 Å². The van der Waals surface area contributed by atoms with Crippen LogP contribution in [0, 0.1) is 0 Å². The summed E-state index contributed by atoms with van der Waals surface area (Å²) in [6, 6.07) is 27.9. The van der Waals surface area contributed by atoms with Crippen LogP contribution in [0.3, 0.4) is 0 Å². The molecule has 1 aromatic heterocycles. The van der Waals surface area contributed by atoms with Crippen LogP contribution in [0.2, 0.25) is 0 Å². The van der Waals surface area contributed by atoms with E-state index >= 15 is 0 Å². The van der Waals surface area contributed by atoms with Crippen molar-refractivity contribution in [3.63, 3.8) is 0 Å². The van der Waals surface area contributed by atoms with Crippen molar-refractivity contribution in [2.24, 2.45) is 5.10 Å². The average molecular weight is 408 g/mol. The third-order valence-corrected chi connectivity index (χ3v) is 4.69. The van der Waals surface area contributed by atoms with Crippen molar-refractivity contribution in [1.29, 1.82) is 0 Å². The number of phenols is 1. The van der Waals surface area contributed by atoms with Gasteiger partial charge in [0.2, 0.25) is 5.82 Å². The Morgan fingerprint density at radius 3 is 1.87 bits per heavy atom. The van der Waals surface area contributed by atoms with Crippen LogP contribution in [0.1, 0.15) is 23.1 Å². The van der Waals surface area contributed by atoms with Crippen molar-refractivity contribution in [1.82, 2.24) is 15.4 Å². The van der Waals surface area contributed by atoms with Crippen molar-refractivity contribution in [3.8, 4) is 28.3 Å². The highest BCUT2D eigenvalue weighted by Crippen LogP contribution is 2.23. The summed E-state index contributed by atoms with van der Waals surface area (Å²) >= 11 is 0. The Bertz CT molecular complexity index is 1180. The third-order valence-electron chi connectivity index (χ3n) is 4.69. The number of amides is 1. The number of para-hydroxylation sites is 1. The average Bonchev–Trinajstić information content (AvgIpc) is 2.83. The Morgan fingerprint density at radius 2 is 1.32 bits per heavy atom. The van der Waals surface area contributed by atoms with E-state index in [1.54, 1.807) is 31.2 Å². The number of hydrogen-bond donors (Lipinski definition) is 2. The maximum absolute atomic E-state index is 12.8. The molecule has 0 fully saturated rings. The highest BCUT2D eigenvalue weighted by atomic mass is 16.3. The number of aromatic hydroxyl groups is 1. The minimum absolute atomic E-state index is 0.00837. The Balaban J connectivity index is 1.69. The Labute approximate surface area is 180 Å². The van der Waals surface area contributed by atoms with Gasteiger partial charge in [-0.1, -0.05) is 72.8 Å². The first-order valence-corrected chi connectivity index (χ1v) is 9.75. The maximum Gasteiger partial charge on any atom is 0.309 e. The number of nitrogens with one attached hydrogen (secondary N) is 1. The first-order chi connectivity index (χ1) is 15.1. The third kappa shape index (κ3) is 4.64. The predicted molar refractivity (Wildman–Crippen MR) is 121 cm³/mol. The van der Waals surface area contributed by atoms with Gasteiger partial charge in [-0.2, -0.15) is 5.10 Å². The molecule has 6 heteroatoms. The lowest BCUT2D eigenvalue weighted by Crippen LogP contribution is -2.22. The topological polar surface area (TPSA) is 87.5 Å². The molecule has 0 unspecified atom stereocenters. The monoisotopic (exact) mass is 408 g/mol. The molecule has 0 bridgehead atoms. The number of benzene rings is 3. The molecule has 0 radical (unpaired) electrons. The molecule has 0 atom stereocenters. The molecule has 6 nitrogen and oxygen atoms in total. The second-order valence-electron chi connectivity index (χ2n) is 6.85. The maximum atomic E-state index is 12.8. The number of rotatable bonds is 5. The zero-order valence-corrected chi connectivity index (χ0v) is 16.9. The Hall–Kier alpha value is -4.32. The van der Waals surface area contributed by atoms with Crippen LogP contribution in [0.15, 0.2) is 96.1 Å². The summed E-state index contributed by atoms with van der Waals surface area (Å²) in [5, 5.41) is 14.1. The number of carbonyl (C=O) groups is 1. The van der Waals surface area contributed by atoms with Crippen molar-refractivity contribution in [2.75, 3.05) is 0 Å². The van der Waals surface area contributed by atoms with E-state index in [1.165, 1.54) is 0 Å². The Morgan fingerprint density at radius 1 is 0.806 bits per heavy atom. The van der Waals surface area contributed by atoms with Crippen molar-refractivity contribution in [3.05, 3.63) is 102 Å². The molecule has 0 saturated carbocycles. The summed E-state index contributed by atoms with van der Waals surface area (Å²) in [5.74, 6) is -0.439. The molecule has 4 aromatic rings. The summed E-state index contributed by atoms with van der Waals surface area (Å²) in [7, 11) is 0. The van der Waals surface area contributed by atoms with Gasteiger partial charge in [-0.25, -0.2) is 15.4 Å². The minimum atomic E-state index is -0.537. The normalized spacial score (nSPS) is 11.2. The molecule has 152 valence electrons. The smallest absolute Gasteiger partial charge is 0.309 e. The lowest BCUT2D eigenvalue weighted by molar-refractivity contribution is 0.0944. The quantitative estimate of drug-likeness (QED) is 0.371. The van der Waals surface area contributed by atoms with Gasteiger partial charge in [-0.05, 0) is 25.1 Å². The van der Waals surface area contributed by atoms with E-state index in [1.807, 2.05) is 66.7 Å². The predicted octanol–water partition coefficient (Wildman–Crippen LogP) is 4.67. The number of nitrogens with zero attached hydrogens (tertiary/aromatic N) is 3. The fourth-order valence-corrected chi connectivity index (χ4v) is 3.09. The Kier molecular flexibility index (Phi) is 5.80. The van der Waals surface area contributed by atoms with E-state index in [9.17, 15) is 9.90 Å². The molecular formula is C25H20N4O2. The van der Waals surface area contributed by atoms with Crippen molar-refractivity contribution in [2.45, 2.75) is 6.92 Å². The van der Waals surface area contributed by atoms with E-state index in [0.717, 1.165) is 11.1 Å². The van der Waals surface area contributed by atoms with Crippen LogP contribution in [-0.4, -0.2) is 26.7 Å². The molecule has 0 aliphatic heterocycles. The SMILES string of the molecule is C/C(=N/NC(=O)c1nc(-c2ccccc2)cc(-c2ccccc2)n1)c1ccccc1O. The molecule has 31 heavy (non-hydrogen) atoms. The molecule has 4 rings (SSSR count). The van der Waals surface area contributed by atoms with Crippen LogP contribution >= 0.6 is 0 Å². The molecule has 0 saturated heterocycles. The van der Waals surface area contributed by atoms with Gasteiger partial charge in [0.15, 0.2) is 0 Å². The van der Waals surface area contributed by atoms with Gasteiger partial charge in [0.05, 0.1) is 17.1 Å². The molecule has 0 aliphatic carbocycles. The van der Waals surface area contributed by atoms with Crippen LogP contribution in [-0.2, 0) is 0 Å². The van der Waals surface area contributed by atoms with E-state index in [0.29, 0.717) is 22.7 Å². The van der Waals surface area contributed by atoms with Crippen LogP contribution in [0.4, 0.5) is 0 Å². The standard InChI is InChI=1S/C25H20N4O2/c1-17(20-14-8-9-15-23(20)30)28-29-25(31)24-26-21(18-10-4-2-5-11-18)16-22(27-24)19-12-6-3-7-13-19/h2-16,30H,1H3,(H,29,31)/b28-17-. The number of phenolic OH excluding ortho intramolecular Hbond substituents is 1. The summed E-state index contributed by atoms with van der Waals surface area (Å²) in [5.41, 5.74) is 6.53. The van der Waals surface area contributed by atoms with Crippen molar-refractivity contribution < 1.29 is 9.90 Å². The first-order valence-electron chi connectivity index (χ1n) is 9.75. The largest absolute Gasteiger partial charge is 0.507 e. The van der Waals surface area contributed by atoms with Gasteiger partial charge in [0.25, 0.3) is 0 Å². The molecule has 0 aliphatic rings. The fraction of sp³-hybridized carbons (Fsp3) is 0.0400. The van der Waals surface area contributed by atoms with Gasteiger partial charge in [-0.15, -0.1) is 0 Å². The minimum Gasteiger partial charge on any atom is -0.507 e. The highest BCUT2D eigenvalue weighted by Gasteiger charge is 2.15. The summed E-state index contributed by atoms with van der Waals surface area (Å²) in [6.07, 6.45) is 0. The van der Waals surface area contributed by atoms with Gasteiger partial charge in [0, 0.05) is 16.7 Å². The second-order valence-corrected chi connectivity index (χ2v) is 6.85. The number of hydrazone groups is 1. The summed E-state index contributed by atoms with van der Waals surface area (Å²) in [6.45, 7) is 1.70. The zero-order chi connectivity index (χ0) is 21.6. The number of aromatic nitrogens is 2. The van der Waals surface area contributed by atoms with Gasteiger partial charge >= 0.3 is 5.91 Å². The van der Waals surface area contributed by atoms with E-state index < -0.39 is 5.91 Å². The van der Waals surface area contributed by atoms with Crippen LogP contribution in [0.5, 0.6) is 5.75 Å². The zero-order valence-electron chi connectivity index (χ0n) is 16.9. The highest BCUT2D eigenvalue weighted by molar-refractivity contribution is 6.02. The molecule has 3 aromatic carbocycles. The number of carbonyl (C=O) groups excluding carboxylic acids is 1. The lowest BCUT2D eigenvalue weighted by atomic mass is 10.1. The van der Waals surface area contributed by atoms with Crippen LogP contribution in [0.25, 0.3) is 22.5 Å². The van der Waals surface area contributed by atoms with Crippen LogP contribution < -0.4 is 5.43 Å². The van der Waals surface area contributed by atoms with E-state index in [4.69, 9.17) is 0 Å². The van der Waals surface area contributed by atoms with Gasteiger partial charge in [0.1, 0.15) is 5.75 Å². The summed E-state index contributed by atoms with van der Waals surface area (Å²) in [4.78, 5) is 21.7. The van der Waals surface area contributed by atoms with E-state index in [-0.39, 0.29) is 11.6 Å². The van der Waals surface area contributed by atoms with Gasteiger partial charge in [-0.3, -0.25) is 4.79 Å². The summed E-state index contributed by atoms with van der Waals surface area (Å²) < 4.78 is 0. The lowest BCUT2D eigenvalue weighted by Gasteiger charge is -2.09. The molecule has 1 amide bonds. The van der Waals surface area contributed by atoms with Crippen molar-refractivity contribution >= 4 is 11.6 Å².